The SMILES string of the molecule is C=C(CCN)c1cc2ccccc2n1C. The minimum Gasteiger partial charge on any atom is -0.344 e. The largest absolute Gasteiger partial charge is 0.344 e. The van der Waals surface area contributed by atoms with Crippen LogP contribution in [0.15, 0.2) is 36.9 Å². The second kappa shape index (κ2) is 3.91. The maximum atomic E-state index is 5.54. The zero-order valence-electron chi connectivity index (χ0n) is 9.03. The lowest BCUT2D eigenvalue weighted by atomic mass is 10.1. The first kappa shape index (κ1) is 9.99. The van der Waals surface area contributed by atoms with Crippen LogP contribution < -0.4 is 5.73 Å². The van der Waals surface area contributed by atoms with Crippen molar-refractivity contribution in [3.8, 4) is 0 Å². The highest BCUT2D eigenvalue weighted by Gasteiger charge is 2.06. The lowest BCUT2D eigenvalue weighted by molar-refractivity contribution is 0.924. The number of aryl methyl sites for hydroxylation is 1. The molecule has 1 aromatic carbocycles. The number of para-hydroxylation sites is 1. The Morgan fingerprint density at radius 2 is 2.13 bits per heavy atom. The summed E-state index contributed by atoms with van der Waals surface area (Å²) in [6, 6.07) is 10.5. The van der Waals surface area contributed by atoms with Gasteiger partial charge in [-0.25, -0.2) is 0 Å². The van der Waals surface area contributed by atoms with Gasteiger partial charge in [-0.15, -0.1) is 0 Å². The van der Waals surface area contributed by atoms with Gasteiger partial charge in [0.05, 0.1) is 0 Å². The van der Waals surface area contributed by atoms with Crippen LogP contribution in [-0.4, -0.2) is 11.1 Å². The second-order valence-electron chi connectivity index (χ2n) is 3.79. The minimum absolute atomic E-state index is 0.653. The number of nitrogens with two attached hydrogens (primary N) is 1. The summed E-state index contributed by atoms with van der Waals surface area (Å²) in [5.41, 5.74) is 9.07. The highest BCUT2D eigenvalue weighted by Crippen LogP contribution is 2.24. The molecule has 0 fully saturated rings. The van der Waals surface area contributed by atoms with Gasteiger partial charge < -0.3 is 10.3 Å². The Kier molecular flexibility index (Phi) is 2.60. The molecule has 0 unspecified atom stereocenters. The number of nitrogens with zero attached hydrogens (tertiary/aromatic N) is 1. The Bertz CT molecular complexity index is 494. The Hall–Kier alpha value is -1.54. The molecule has 2 rings (SSSR count). The third-order valence-electron chi connectivity index (χ3n) is 2.76. The van der Waals surface area contributed by atoms with E-state index in [-0.39, 0.29) is 0 Å². The minimum atomic E-state index is 0.653. The summed E-state index contributed by atoms with van der Waals surface area (Å²) in [4.78, 5) is 0. The van der Waals surface area contributed by atoms with E-state index >= 15 is 0 Å². The average molecular weight is 200 g/mol. The monoisotopic (exact) mass is 200 g/mol. The molecule has 2 heteroatoms. The second-order valence-corrected chi connectivity index (χ2v) is 3.79. The fourth-order valence-electron chi connectivity index (χ4n) is 1.93. The zero-order valence-corrected chi connectivity index (χ0v) is 9.03. The van der Waals surface area contributed by atoms with Crippen molar-refractivity contribution in [1.82, 2.24) is 4.57 Å². The molecule has 2 aromatic rings. The van der Waals surface area contributed by atoms with Crippen molar-refractivity contribution >= 4 is 16.5 Å². The molecule has 0 atom stereocenters. The number of hydrogen-bond donors (Lipinski definition) is 1. The highest BCUT2D eigenvalue weighted by atomic mass is 14.9. The molecule has 0 aliphatic carbocycles. The molecule has 1 heterocycles. The maximum absolute atomic E-state index is 5.54. The Morgan fingerprint density at radius 1 is 1.40 bits per heavy atom. The third kappa shape index (κ3) is 1.68. The van der Waals surface area contributed by atoms with E-state index in [2.05, 4.69) is 48.5 Å². The fraction of sp³-hybridized carbons (Fsp3) is 0.231. The fourth-order valence-corrected chi connectivity index (χ4v) is 1.93. The topological polar surface area (TPSA) is 30.9 Å². The van der Waals surface area contributed by atoms with Gasteiger partial charge in [0, 0.05) is 23.6 Å². The van der Waals surface area contributed by atoms with E-state index < -0.39 is 0 Å². The van der Waals surface area contributed by atoms with Gasteiger partial charge in [0.2, 0.25) is 0 Å². The lowest BCUT2D eigenvalue weighted by Crippen LogP contribution is -2.02. The molecule has 0 bridgehead atoms. The van der Waals surface area contributed by atoms with Crippen molar-refractivity contribution in [2.45, 2.75) is 6.42 Å². The summed E-state index contributed by atoms with van der Waals surface area (Å²) in [6.07, 6.45) is 0.851. The molecule has 1 aromatic heterocycles. The summed E-state index contributed by atoms with van der Waals surface area (Å²) in [5.74, 6) is 0. The number of benzene rings is 1. The Morgan fingerprint density at radius 3 is 2.80 bits per heavy atom. The molecule has 0 aliphatic rings. The quantitative estimate of drug-likeness (QED) is 0.811. The molecule has 2 N–H and O–H groups in total. The van der Waals surface area contributed by atoms with Gasteiger partial charge in [-0.1, -0.05) is 24.8 Å². The molecule has 15 heavy (non-hydrogen) atoms. The standard InChI is InChI=1S/C13H16N2/c1-10(7-8-14)13-9-11-5-3-4-6-12(11)15(13)2/h3-6,9H,1,7-8,14H2,2H3. The molecule has 0 spiro atoms. The van der Waals surface area contributed by atoms with Crippen LogP contribution in [0.3, 0.4) is 0 Å². The van der Waals surface area contributed by atoms with Gasteiger partial charge in [0.1, 0.15) is 0 Å². The lowest BCUT2D eigenvalue weighted by Gasteiger charge is -2.06. The number of aromatic nitrogens is 1. The Balaban J connectivity index is 2.53. The van der Waals surface area contributed by atoms with Crippen LogP contribution in [0.4, 0.5) is 0 Å². The molecule has 0 amide bonds. The zero-order chi connectivity index (χ0) is 10.8. The van der Waals surface area contributed by atoms with E-state index in [4.69, 9.17) is 5.73 Å². The van der Waals surface area contributed by atoms with Crippen molar-refractivity contribution in [3.05, 3.63) is 42.6 Å². The number of hydrogen-bond acceptors (Lipinski definition) is 1. The third-order valence-corrected chi connectivity index (χ3v) is 2.76. The van der Waals surface area contributed by atoms with E-state index in [0.29, 0.717) is 6.54 Å². The highest BCUT2D eigenvalue weighted by molar-refractivity contribution is 5.85. The molecule has 0 radical (unpaired) electrons. The van der Waals surface area contributed by atoms with E-state index in [0.717, 1.165) is 12.0 Å². The first-order valence-corrected chi connectivity index (χ1v) is 5.16. The molecule has 0 saturated carbocycles. The first-order valence-electron chi connectivity index (χ1n) is 5.16. The van der Waals surface area contributed by atoms with Crippen molar-refractivity contribution in [1.29, 1.82) is 0 Å². The van der Waals surface area contributed by atoms with Crippen LogP contribution in [0.2, 0.25) is 0 Å². The van der Waals surface area contributed by atoms with Gasteiger partial charge in [0.25, 0.3) is 0 Å². The Labute approximate surface area is 90.0 Å². The summed E-state index contributed by atoms with van der Waals surface area (Å²) in [6.45, 7) is 4.72. The summed E-state index contributed by atoms with van der Waals surface area (Å²) in [5, 5.41) is 1.26. The molecule has 0 aliphatic heterocycles. The summed E-state index contributed by atoms with van der Waals surface area (Å²) < 4.78 is 2.17. The van der Waals surface area contributed by atoms with Crippen LogP contribution in [0.1, 0.15) is 12.1 Å². The van der Waals surface area contributed by atoms with Crippen LogP contribution in [0.25, 0.3) is 16.5 Å². The summed E-state index contributed by atoms with van der Waals surface area (Å²) >= 11 is 0. The first-order chi connectivity index (χ1) is 7.24. The predicted octanol–water partition coefficient (Wildman–Crippen LogP) is 2.54. The molecular formula is C13H16N2. The van der Waals surface area contributed by atoms with Crippen molar-refractivity contribution in [2.24, 2.45) is 12.8 Å². The van der Waals surface area contributed by atoms with E-state index in [1.54, 1.807) is 0 Å². The van der Waals surface area contributed by atoms with Crippen LogP contribution >= 0.6 is 0 Å². The smallest absolute Gasteiger partial charge is 0.0482 e. The van der Waals surface area contributed by atoms with Crippen molar-refractivity contribution < 1.29 is 0 Å². The van der Waals surface area contributed by atoms with E-state index in [1.165, 1.54) is 16.6 Å². The number of fused-ring (bicyclic) bond motifs is 1. The van der Waals surface area contributed by atoms with Crippen LogP contribution in [0, 0.1) is 0 Å². The predicted molar refractivity (Wildman–Crippen MR) is 65.6 cm³/mol. The summed E-state index contributed by atoms with van der Waals surface area (Å²) in [7, 11) is 2.07. The number of rotatable bonds is 3. The maximum Gasteiger partial charge on any atom is 0.0482 e. The van der Waals surface area contributed by atoms with Gasteiger partial charge in [-0.3, -0.25) is 0 Å². The van der Waals surface area contributed by atoms with Crippen molar-refractivity contribution in [2.75, 3.05) is 6.54 Å². The molecular weight excluding hydrogens is 184 g/mol. The van der Waals surface area contributed by atoms with Gasteiger partial charge in [0.15, 0.2) is 0 Å². The molecule has 0 saturated heterocycles. The normalized spacial score (nSPS) is 10.8. The van der Waals surface area contributed by atoms with Gasteiger partial charge >= 0.3 is 0 Å². The van der Waals surface area contributed by atoms with Crippen LogP contribution in [-0.2, 0) is 7.05 Å². The molecule has 2 nitrogen and oxygen atoms in total. The van der Waals surface area contributed by atoms with E-state index in [1.807, 2.05) is 0 Å². The van der Waals surface area contributed by atoms with Gasteiger partial charge in [-0.05, 0) is 30.7 Å². The van der Waals surface area contributed by atoms with Gasteiger partial charge in [-0.2, -0.15) is 0 Å². The van der Waals surface area contributed by atoms with E-state index in [9.17, 15) is 0 Å². The average Bonchev–Trinajstić information content (AvgIpc) is 2.57. The van der Waals surface area contributed by atoms with Crippen molar-refractivity contribution in [3.63, 3.8) is 0 Å². The van der Waals surface area contributed by atoms with Crippen LogP contribution in [0.5, 0.6) is 0 Å². The molecule has 78 valence electrons.